The first-order valence-corrected chi connectivity index (χ1v) is 14.6. The zero-order valence-electron chi connectivity index (χ0n) is 16.6. The van der Waals surface area contributed by atoms with Crippen molar-refractivity contribution in [2.45, 2.75) is 16.7 Å². The minimum atomic E-state index is -6.09. The van der Waals surface area contributed by atoms with Crippen molar-refractivity contribution in [2.75, 3.05) is 0 Å². The van der Waals surface area contributed by atoms with Crippen molar-refractivity contribution in [2.24, 2.45) is 0 Å². The smallest absolute Gasteiger partial charge is 0.485 e. The number of carbonyl (C=O) groups excluding carboxylic acids is 1. The van der Waals surface area contributed by atoms with Crippen LogP contribution in [-0.4, -0.2) is 48.2 Å². The molecule has 0 amide bonds. The Balaban J connectivity index is 0.000000380. The third-order valence-electron chi connectivity index (χ3n) is 3.39. The molecule has 0 aliphatic carbocycles. The van der Waals surface area contributed by atoms with Crippen molar-refractivity contribution in [3.63, 3.8) is 0 Å². The van der Waals surface area contributed by atoms with Crippen LogP contribution in [0, 0.1) is 0 Å². The van der Waals surface area contributed by atoms with Crippen LogP contribution in [0.2, 0.25) is 0 Å². The molecule has 0 aliphatic heterocycles. The van der Waals surface area contributed by atoms with Gasteiger partial charge in [0.1, 0.15) is 0 Å². The van der Waals surface area contributed by atoms with E-state index in [1.54, 1.807) is 0 Å². The molecule has 2 aromatic carbocycles. The van der Waals surface area contributed by atoms with Crippen LogP contribution in [0.1, 0.15) is 6.92 Å². The Morgan fingerprint density at radius 1 is 0.879 bits per heavy atom. The molecule has 33 heavy (non-hydrogen) atoms. The van der Waals surface area contributed by atoms with Gasteiger partial charge in [0.25, 0.3) is 0 Å². The molecule has 1 heterocycles. The maximum atomic E-state index is 11.5. The van der Waals surface area contributed by atoms with E-state index in [9.17, 15) is 18.0 Å². The van der Waals surface area contributed by atoms with Crippen molar-refractivity contribution in [1.29, 1.82) is 0 Å². The summed E-state index contributed by atoms with van der Waals surface area (Å²) in [5.41, 5.74) is -3.34. The van der Waals surface area contributed by atoms with Gasteiger partial charge < -0.3 is 4.55 Å². The number of rotatable bonds is 3. The molecule has 0 fully saturated rings. The molecule has 0 unspecified atom stereocenters. The Labute approximate surface area is 211 Å². The summed E-state index contributed by atoms with van der Waals surface area (Å²) < 4.78 is 66.3. The fourth-order valence-corrected chi connectivity index (χ4v) is 7.16. The van der Waals surface area contributed by atoms with Crippen LogP contribution < -0.4 is 3.10 Å². The molecule has 0 aliphatic rings. The molecule has 0 saturated carbocycles. The van der Waals surface area contributed by atoms with Crippen molar-refractivity contribution >= 4 is 70.4 Å². The maximum absolute atomic E-state index is 11.5. The molecular formula is C20H16Cl3F3O5STe. The monoisotopic (exact) mass is 660 g/mol. The Bertz CT molecular complexity index is 1060. The Morgan fingerprint density at radius 2 is 1.18 bits per heavy atom. The second-order valence-corrected chi connectivity index (χ2v) is 13.7. The normalized spacial score (nSPS) is 11.1. The van der Waals surface area contributed by atoms with Crippen LogP contribution in [-0.2, 0) is 14.9 Å². The summed E-state index contributed by atoms with van der Waals surface area (Å²) in [6, 6.07) is 24.6. The molecule has 5 nitrogen and oxygen atoms in total. The summed E-state index contributed by atoms with van der Waals surface area (Å²) in [6.45, 7) is 1.49. The molecule has 3 rings (SSSR count). The molecule has 0 atom stereocenters. The predicted molar refractivity (Wildman–Crippen MR) is 123 cm³/mol. The average molecular weight is 659 g/mol. The quantitative estimate of drug-likeness (QED) is 0.154. The van der Waals surface area contributed by atoms with E-state index < -0.39 is 39.4 Å². The van der Waals surface area contributed by atoms with Gasteiger partial charge in [-0.05, 0) is 0 Å². The number of halogens is 6. The molecule has 0 saturated heterocycles. The standard InChI is InChI=1S/C18H15O2Te.CHCl3.CHF3O3S/c1-14(19)20-21-17(15-8-4-2-5-9-15)12-13-18(21)16-10-6-3-7-11-16;2-1(3)4;2-1(3,4)8(5,6)7/h2-13H,1H3;1H;(H,5,6,7)/q+1;;/p-1. The van der Waals surface area contributed by atoms with Crippen LogP contribution >= 0.6 is 34.8 Å². The molecular weight excluding hydrogens is 643 g/mol. The summed E-state index contributed by atoms with van der Waals surface area (Å²) in [7, 11) is -6.09. The summed E-state index contributed by atoms with van der Waals surface area (Å²) in [6.07, 6.45) is 0. The van der Waals surface area contributed by atoms with Gasteiger partial charge in [-0.25, -0.2) is 8.42 Å². The van der Waals surface area contributed by atoms with Gasteiger partial charge in [0, 0.05) is 0 Å². The maximum Gasteiger partial charge on any atom is 0.485 e. The van der Waals surface area contributed by atoms with Crippen LogP contribution in [0.15, 0.2) is 72.8 Å². The minimum absolute atomic E-state index is 0.197. The van der Waals surface area contributed by atoms with E-state index in [2.05, 4.69) is 36.4 Å². The van der Waals surface area contributed by atoms with Crippen LogP contribution in [0.3, 0.4) is 0 Å². The second-order valence-electron chi connectivity index (χ2n) is 5.78. The topological polar surface area (TPSA) is 83.5 Å². The minimum Gasteiger partial charge on any atom is -0.741 e. The molecule has 0 bridgehead atoms. The number of carbonyl (C=O) groups is 1. The van der Waals surface area contributed by atoms with E-state index in [0.29, 0.717) is 0 Å². The fourth-order valence-electron chi connectivity index (χ4n) is 2.21. The molecule has 0 spiro atoms. The van der Waals surface area contributed by atoms with Crippen molar-refractivity contribution in [3.8, 4) is 18.3 Å². The SMILES string of the molecule is CC(=O)O[te+]1c(-c2ccccc2)ccc1-c1ccccc1.ClC(Cl)Cl.O=S(=O)([O-])C(F)(F)F. The average Bonchev–Trinajstić information content (AvgIpc) is 3.10. The van der Waals surface area contributed by atoms with E-state index in [1.807, 2.05) is 36.4 Å². The first-order valence-electron chi connectivity index (χ1n) is 8.64. The van der Waals surface area contributed by atoms with Gasteiger partial charge in [0.05, 0.1) is 0 Å². The largest absolute Gasteiger partial charge is 0.741 e. The van der Waals surface area contributed by atoms with Crippen LogP contribution in [0.5, 0.6) is 0 Å². The summed E-state index contributed by atoms with van der Waals surface area (Å²) in [4.78, 5) is 11.5. The van der Waals surface area contributed by atoms with E-state index >= 15 is 0 Å². The first kappa shape index (κ1) is 29.8. The number of benzene rings is 2. The fraction of sp³-hybridized carbons (Fsp3) is 0.150. The number of hydrogen-bond acceptors (Lipinski definition) is 5. The van der Waals surface area contributed by atoms with Gasteiger partial charge in [-0.15, -0.1) is 0 Å². The van der Waals surface area contributed by atoms with Gasteiger partial charge >= 0.3 is 137 Å². The van der Waals surface area contributed by atoms with Crippen LogP contribution in [0.4, 0.5) is 13.2 Å². The Kier molecular flexibility index (Phi) is 12.3. The van der Waals surface area contributed by atoms with Gasteiger partial charge in [0.15, 0.2) is 14.4 Å². The van der Waals surface area contributed by atoms with Crippen molar-refractivity contribution in [1.82, 2.24) is 0 Å². The molecule has 0 radical (unpaired) electrons. The summed E-state index contributed by atoms with van der Waals surface area (Å²) in [5.74, 6) is -0.197. The Morgan fingerprint density at radius 3 is 1.42 bits per heavy atom. The Hall–Kier alpha value is -1.25. The van der Waals surface area contributed by atoms with Gasteiger partial charge in [-0.3, -0.25) is 0 Å². The molecule has 3 aromatic rings. The zero-order chi connectivity index (χ0) is 25.2. The third kappa shape index (κ3) is 10.7. The van der Waals surface area contributed by atoms with Gasteiger partial charge in [-0.1, -0.05) is 34.8 Å². The van der Waals surface area contributed by atoms with Gasteiger partial charge in [-0.2, -0.15) is 13.2 Å². The molecule has 0 N–H and O–H groups in total. The van der Waals surface area contributed by atoms with E-state index in [-0.39, 0.29) is 5.97 Å². The second kappa shape index (κ2) is 13.6. The first-order chi connectivity index (χ1) is 15.2. The summed E-state index contributed by atoms with van der Waals surface area (Å²) >= 11 is 12.1. The molecule has 180 valence electrons. The van der Waals surface area contributed by atoms with E-state index in [4.69, 9.17) is 50.9 Å². The van der Waals surface area contributed by atoms with Gasteiger partial charge in [0.2, 0.25) is 0 Å². The molecule has 13 heteroatoms. The predicted octanol–water partition coefficient (Wildman–Crippen LogP) is 5.78. The zero-order valence-corrected chi connectivity index (χ0v) is 22.0. The number of alkyl halides is 6. The third-order valence-corrected chi connectivity index (χ3v) is 9.50. The molecule has 1 aromatic heterocycles. The van der Waals surface area contributed by atoms with Crippen molar-refractivity contribution < 1.29 is 34.0 Å². The van der Waals surface area contributed by atoms with Crippen LogP contribution in [0.25, 0.3) is 18.3 Å². The van der Waals surface area contributed by atoms with E-state index in [1.165, 1.54) is 14.1 Å². The van der Waals surface area contributed by atoms with Crippen molar-refractivity contribution in [3.05, 3.63) is 72.8 Å². The summed E-state index contributed by atoms with van der Waals surface area (Å²) in [5, 5.41) is 0. The van der Waals surface area contributed by atoms with E-state index in [0.717, 1.165) is 11.1 Å². The number of hydrogen-bond donors (Lipinski definition) is 0.